The van der Waals surface area contributed by atoms with Gasteiger partial charge in [-0.05, 0) is 49.2 Å². The van der Waals surface area contributed by atoms with Gasteiger partial charge in [-0.25, -0.2) is 8.78 Å². The second-order valence-corrected chi connectivity index (χ2v) is 7.46. The fourth-order valence-corrected chi connectivity index (χ4v) is 3.48. The van der Waals surface area contributed by atoms with Crippen LogP contribution in [0.3, 0.4) is 0 Å². The standard InChI is InChI=1S/C22H26F2N4O2/c23-17-5-6-19(18(24)14-17)27-22(30)20-4-2-1-3-12-28(13-9-21(29)26-20)15-16-7-10-25-11-8-16/h5-8,10-11,14,20H,1-4,9,12-13,15H2,(H,26,29)(H,27,30). The Kier molecular flexibility index (Phi) is 7.84. The van der Waals surface area contributed by atoms with E-state index in [-0.39, 0.29) is 18.0 Å². The lowest BCUT2D eigenvalue weighted by Crippen LogP contribution is -2.44. The van der Waals surface area contributed by atoms with E-state index >= 15 is 0 Å². The third-order valence-electron chi connectivity index (χ3n) is 5.12. The average molecular weight is 416 g/mol. The summed E-state index contributed by atoms with van der Waals surface area (Å²) in [6.45, 7) is 2.19. The molecule has 160 valence electrons. The summed E-state index contributed by atoms with van der Waals surface area (Å²) >= 11 is 0. The van der Waals surface area contributed by atoms with Crippen LogP contribution in [0.4, 0.5) is 14.5 Å². The molecule has 0 bridgehead atoms. The van der Waals surface area contributed by atoms with Gasteiger partial charge in [-0.1, -0.05) is 12.8 Å². The van der Waals surface area contributed by atoms with Crippen molar-refractivity contribution >= 4 is 17.5 Å². The number of carbonyl (C=O) groups excluding carboxylic acids is 2. The molecule has 0 saturated carbocycles. The Morgan fingerprint density at radius 3 is 2.70 bits per heavy atom. The molecule has 1 unspecified atom stereocenters. The highest BCUT2D eigenvalue weighted by molar-refractivity contribution is 5.97. The molecule has 8 heteroatoms. The number of benzene rings is 1. The number of amides is 2. The highest BCUT2D eigenvalue weighted by Crippen LogP contribution is 2.17. The Morgan fingerprint density at radius 2 is 1.93 bits per heavy atom. The second kappa shape index (κ2) is 10.8. The van der Waals surface area contributed by atoms with Gasteiger partial charge in [-0.3, -0.25) is 19.5 Å². The first-order valence-electron chi connectivity index (χ1n) is 10.2. The summed E-state index contributed by atoms with van der Waals surface area (Å²) in [7, 11) is 0. The van der Waals surface area contributed by atoms with Crippen LogP contribution in [0.15, 0.2) is 42.7 Å². The molecule has 2 aromatic rings. The lowest BCUT2D eigenvalue weighted by Gasteiger charge is -2.22. The van der Waals surface area contributed by atoms with E-state index in [0.717, 1.165) is 44.0 Å². The number of nitrogens with zero attached hydrogens (tertiary/aromatic N) is 2. The zero-order valence-electron chi connectivity index (χ0n) is 16.7. The van der Waals surface area contributed by atoms with Crippen molar-refractivity contribution in [1.82, 2.24) is 15.2 Å². The van der Waals surface area contributed by atoms with Crippen LogP contribution in [0.1, 0.15) is 37.7 Å². The Balaban J connectivity index is 1.60. The first-order valence-corrected chi connectivity index (χ1v) is 10.2. The van der Waals surface area contributed by atoms with Crippen molar-refractivity contribution in [2.75, 3.05) is 18.4 Å². The summed E-state index contributed by atoms with van der Waals surface area (Å²) in [6.07, 6.45) is 6.86. The number of rotatable bonds is 4. The maximum atomic E-state index is 13.8. The molecule has 1 saturated heterocycles. The first kappa shape index (κ1) is 21.8. The predicted molar refractivity (Wildman–Crippen MR) is 110 cm³/mol. The number of hydrogen-bond donors (Lipinski definition) is 2. The molecule has 1 fully saturated rings. The number of nitrogens with one attached hydrogen (secondary N) is 2. The summed E-state index contributed by atoms with van der Waals surface area (Å²) in [5.74, 6) is -2.29. The molecule has 1 aromatic heterocycles. The zero-order chi connectivity index (χ0) is 21.3. The van der Waals surface area contributed by atoms with Crippen molar-refractivity contribution in [1.29, 1.82) is 0 Å². The molecule has 30 heavy (non-hydrogen) atoms. The largest absolute Gasteiger partial charge is 0.344 e. The van der Waals surface area contributed by atoms with Crippen LogP contribution in [-0.4, -0.2) is 40.8 Å². The molecule has 2 heterocycles. The van der Waals surface area contributed by atoms with Crippen molar-refractivity contribution in [2.45, 2.75) is 44.7 Å². The molecule has 1 aromatic carbocycles. The third-order valence-corrected chi connectivity index (χ3v) is 5.12. The van der Waals surface area contributed by atoms with E-state index in [1.54, 1.807) is 12.4 Å². The van der Waals surface area contributed by atoms with E-state index in [1.165, 1.54) is 6.07 Å². The minimum atomic E-state index is -0.849. The molecule has 1 aliphatic heterocycles. The zero-order valence-corrected chi connectivity index (χ0v) is 16.7. The quantitative estimate of drug-likeness (QED) is 0.803. The van der Waals surface area contributed by atoms with E-state index in [9.17, 15) is 18.4 Å². The number of pyridine rings is 1. The van der Waals surface area contributed by atoms with Gasteiger partial charge in [0.25, 0.3) is 0 Å². The van der Waals surface area contributed by atoms with Crippen LogP contribution < -0.4 is 10.6 Å². The Labute approximate surface area is 174 Å². The third kappa shape index (κ3) is 6.59. The van der Waals surface area contributed by atoms with Crippen LogP contribution in [0.5, 0.6) is 0 Å². The summed E-state index contributed by atoms with van der Waals surface area (Å²) in [4.78, 5) is 31.3. The summed E-state index contributed by atoms with van der Waals surface area (Å²) < 4.78 is 26.9. The van der Waals surface area contributed by atoms with Crippen molar-refractivity contribution in [3.8, 4) is 0 Å². The minimum absolute atomic E-state index is 0.103. The second-order valence-electron chi connectivity index (χ2n) is 7.46. The average Bonchev–Trinajstić information content (AvgIpc) is 2.76. The Morgan fingerprint density at radius 1 is 1.13 bits per heavy atom. The van der Waals surface area contributed by atoms with Gasteiger partial charge in [-0.2, -0.15) is 0 Å². The van der Waals surface area contributed by atoms with Gasteiger partial charge in [0.1, 0.15) is 17.7 Å². The van der Waals surface area contributed by atoms with Crippen LogP contribution >= 0.6 is 0 Å². The molecule has 0 spiro atoms. The number of carbonyl (C=O) groups is 2. The molecule has 3 rings (SSSR count). The molecule has 1 atom stereocenters. The van der Waals surface area contributed by atoms with Crippen LogP contribution in [0.2, 0.25) is 0 Å². The van der Waals surface area contributed by atoms with Crippen LogP contribution in [0.25, 0.3) is 0 Å². The Bertz CT molecular complexity index is 863. The maximum Gasteiger partial charge on any atom is 0.247 e. The topological polar surface area (TPSA) is 74.3 Å². The van der Waals surface area contributed by atoms with Gasteiger partial charge in [0.2, 0.25) is 11.8 Å². The molecule has 0 radical (unpaired) electrons. The predicted octanol–water partition coefficient (Wildman–Crippen LogP) is 3.25. The molecule has 6 nitrogen and oxygen atoms in total. The fourth-order valence-electron chi connectivity index (χ4n) is 3.48. The number of anilines is 1. The summed E-state index contributed by atoms with van der Waals surface area (Å²) in [5, 5.41) is 5.22. The maximum absolute atomic E-state index is 13.8. The number of hydrogen-bond acceptors (Lipinski definition) is 4. The van der Waals surface area contributed by atoms with Crippen molar-refractivity contribution in [2.24, 2.45) is 0 Å². The van der Waals surface area contributed by atoms with Gasteiger partial charge in [0.05, 0.1) is 5.69 Å². The van der Waals surface area contributed by atoms with E-state index < -0.39 is 23.6 Å². The summed E-state index contributed by atoms with van der Waals surface area (Å²) in [6, 6.07) is 6.12. The molecule has 2 amide bonds. The van der Waals surface area contributed by atoms with Crippen molar-refractivity contribution in [3.63, 3.8) is 0 Å². The normalized spacial score (nSPS) is 18.9. The van der Waals surface area contributed by atoms with Gasteiger partial charge >= 0.3 is 0 Å². The minimum Gasteiger partial charge on any atom is -0.344 e. The number of halogens is 2. The molecule has 2 N–H and O–H groups in total. The SMILES string of the molecule is O=C1CCN(Cc2ccncc2)CCCCCC(C(=O)Nc2ccc(F)cc2F)N1. The Hall–Kier alpha value is -2.87. The summed E-state index contributed by atoms with van der Waals surface area (Å²) in [5.41, 5.74) is 1.03. The van der Waals surface area contributed by atoms with Crippen molar-refractivity contribution < 1.29 is 18.4 Å². The van der Waals surface area contributed by atoms with Gasteiger partial charge in [0, 0.05) is 38.0 Å². The van der Waals surface area contributed by atoms with E-state index in [4.69, 9.17) is 0 Å². The molecular formula is C22H26F2N4O2. The molecule has 0 aliphatic carbocycles. The van der Waals surface area contributed by atoms with E-state index in [1.807, 2.05) is 12.1 Å². The smallest absolute Gasteiger partial charge is 0.247 e. The fraction of sp³-hybridized carbons (Fsp3) is 0.409. The highest BCUT2D eigenvalue weighted by Gasteiger charge is 2.23. The van der Waals surface area contributed by atoms with E-state index in [2.05, 4.69) is 20.5 Å². The van der Waals surface area contributed by atoms with E-state index in [0.29, 0.717) is 19.0 Å². The first-order chi connectivity index (χ1) is 14.5. The van der Waals surface area contributed by atoms with Gasteiger partial charge < -0.3 is 10.6 Å². The lowest BCUT2D eigenvalue weighted by molar-refractivity contribution is -0.126. The number of aromatic nitrogens is 1. The van der Waals surface area contributed by atoms with Crippen LogP contribution in [-0.2, 0) is 16.1 Å². The van der Waals surface area contributed by atoms with Crippen molar-refractivity contribution in [3.05, 3.63) is 59.9 Å². The van der Waals surface area contributed by atoms with Gasteiger partial charge in [0.15, 0.2) is 0 Å². The molecular weight excluding hydrogens is 390 g/mol. The lowest BCUT2D eigenvalue weighted by atomic mass is 10.1. The molecule has 1 aliphatic rings. The monoisotopic (exact) mass is 416 g/mol. The van der Waals surface area contributed by atoms with Gasteiger partial charge in [-0.15, -0.1) is 0 Å². The highest BCUT2D eigenvalue weighted by atomic mass is 19.1. The van der Waals surface area contributed by atoms with Crippen LogP contribution in [0, 0.1) is 11.6 Å².